The predicted octanol–water partition coefficient (Wildman–Crippen LogP) is 3.69. The van der Waals surface area contributed by atoms with Gasteiger partial charge in [0.25, 0.3) is 0 Å². The molecule has 1 amide bonds. The van der Waals surface area contributed by atoms with Gasteiger partial charge in [-0.2, -0.15) is 0 Å². The molecule has 0 radical (unpaired) electrons. The standard InChI is InChI=1S/C18H24ClNO2/c1-18(8-9-18)7-6-17(21)20-10-11-22-15(13-20)12-14-4-2-3-5-16(14)19/h2-5,15H,6-13H2,1H3/t15-/m0/s1. The molecule has 1 aromatic carbocycles. The number of carbonyl (C=O) groups is 1. The smallest absolute Gasteiger partial charge is 0.222 e. The Morgan fingerprint density at radius 2 is 2.18 bits per heavy atom. The highest BCUT2D eigenvalue weighted by molar-refractivity contribution is 6.31. The summed E-state index contributed by atoms with van der Waals surface area (Å²) in [5, 5.41) is 0.774. The van der Waals surface area contributed by atoms with Crippen LogP contribution in [-0.4, -0.2) is 36.6 Å². The van der Waals surface area contributed by atoms with Crippen LogP contribution in [0, 0.1) is 5.41 Å². The van der Waals surface area contributed by atoms with Crippen LogP contribution in [0.1, 0.15) is 38.2 Å². The molecular weight excluding hydrogens is 298 g/mol. The minimum Gasteiger partial charge on any atom is -0.374 e. The van der Waals surface area contributed by atoms with E-state index >= 15 is 0 Å². The lowest BCUT2D eigenvalue weighted by molar-refractivity contribution is -0.139. The van der Waals surface area contributed by atoms with Gasteiger partial charge in [0.05, 0.1) is 12.7 Å². The Balaban J connectivity index is 1.52. The van der Waals surface area contributed by atoms with E-state index in [0.717, 1.165) is 23.4 Å². The van der Waals surface area contributed by atoms with Gasteiger partial charge in [-0.15, -0.1) is 0 Å². The van der Waals surface area contributed by atoms with E-state index in [1.807, 2.05) is 29.2 Å². The van der Waals surface area contributed by atoms with Gasteiger partial charge in [-0.25, -0.2) is 0 Å². The van der Waals surface area contributed by atoms with Crippen molar-refractivity contribution in [3.05, 3.63) is 34.9 Å². The van der Waals surface area contributed by atoms with Crippen molar-refractivity contribution in [2.24, 2.45) is 5.41 Å². The van der Waals surface area contributed by atoms with Crippen LogP contribution < -0.4 is 0 Å². The Labute approximate surface area is 137 Å². The minimum absolute atomic E-state index is 0.0501. The van der Waals surface area contributed by atoms with Crippen molar-refractivity contribution in [2.45, 2.75) is 45.1 Å². The van der Waals surface area contributed by atoms with Crippen LogP contribution in [0.15, 0.2) is 24.3 Å². The first-order valence-electron chi connectivity index (χ1n) is 8.19. The van der Waals surface area contributed by atoms with Gasteiger partial charge in [0.2, 0.25) is 5.91 Å². The van der Waals surface area contributed by atoms with Crippen molar-refractivity contribution >= 4 is 17.5 Å². The van der Waals surface area contributed by atoms with Gasteiger partial charge in [0.1, 0.15) is 0 Å². The Bertz CT molecular complexity index is 542. The van der Waals surface area contributed by atoms with E-state index in [1.54, 1.807) is 0 Å². The van der Waals surface area contributed by atoms with Gasteiger partial charge in [-0.05, 0) is 36.3 Å². The maximum Gasteiger partial charge on any atom is 0.222 e. The highest BCUT2D eigenvalue weighted by atomic mass is 35.5. The Kier molecular flexibility index (Phi) is 4.74. The summed E-state index contributed by atoms with van der Waals surface area (Å²) in [5.74, 6) is 0.278. The van der Waals surface area contributed by atoms with Crippen molar-refractivity contribution in [1.82, 2.24) is 4.90 Å². The van der Waals surface area contributed by atoms with E-state index in [4.69, 9.17) is 16.3 Å². The summed E-state index contributed by atoms with van der Waals surface area (Å²) in [6.07, 6.45) is 5.07. The van der Waals surface area contributed by atoms with Crippen LogP contribution in [0.3, 0.4) is 0 Å². The molecule has 0 N–H and O–H groups in total. The second kappa shape index (κ2) is 6.59. The average molecular weight is 322 g/mol. The third-order valence-electron chi connectivity index (χ3n) is 4.94. The zero-order valence-electron chi connectivity index (χ0n) is 13.2. The van der Waals surface area contributed by atoms with Crippen LogP contribution in [0.2, 0.25) is 5.02 Å². The summed E-state index contributed by atoms with van der Waals surface area (Å²) in [5.41, 5.74) is 1.53. The Morgan fingerprint density at radius 3 is 2.91 bits per heavy atom. The van der Waals surface area contributed by atoms with Crippen molar-refractivity contribution in [2.75, 3.05) is 19.7 Å². The number of amides is 1. The van der Waals surface area contributed by atoms with Crippen LogP contribution in [0.25, 0.3) is 0 Å². The topological polar surface area (TPSA) is 29.5 Å². The maximum atomic E-state index is 12.4. The first-order valence-corrected chi connectivity index (χ1v) is 8.56. The molecule has 1 aliphatic heterocycles. The lowest BCUT2D eigenvalue weighted by Crippen LogP contribution is -2.46. The van der Waals surface area contributed by atoms with Crippen LogP contribution >= 0.6 is 11.6 Å². The van der Waals surface area contributed by atoms with E-state index in [9.17, 15) is 4.79 Å². The van der Waals surface area contributed by atoms with Crippen LogP contribution in [0.5, 0.6) is 0 Å². The summed E-state index contributed by atoms with van der Waals surface area (Å²) < 4.78 is 5.82. The quantitative estimate of drug-likeness (QED) is 0.827. The molecule has 0 spiro atoms. The van der Waals surface area contributed by atoms with Gasteiger partial charge in [0.15, 0.2) is 0 Å². The zero-order chi connectivity index (χ0) is 15.6. The SMILES string of the molecule is CC1(CCC(=O)N2CCO[C@@H](Cc3ccccc3Cl)C2)CC1. The molecule has 120 valence electrons. The third-order valence-corrected chi connectivity index (χ3v) is 5.31. The summed E-state index contributed by atoms with van der Waals surface area (Å²) in [4.78, 5) is 14.4. The molecule has 2 fully saturated rings. The fourth-order valence-corrected chi connectivity index (χ4v) is 3.22. The lowest BCUT2D eigenvalue weighted by atomic mass is 10.0. The lowest BCUT2D eigenvalue weighted by Gasteiger charge is -2.33. The first kappa shape index (κ1) is 15.8. The Hall–Kier alpha value is -1.06. The highest BCUT2D eigenvalue weighted by Gasteiger charge is 2.37. The highest BCUT2D eigenvalue weighted by Crippen LogP contribution is 2.48. The fourth-order valence-electron chi connectivity index (χ4n) is 3.01. The predicted molar refractivity (Wildman–Crippen MR) is 88.1 cm³/mol. The van der Waals surface area contributed by atoms with E-state index in [2.05, 4.69) is 6.92 Å². The number of carbonyl (C=O) groups excluding carboxylic acids is 1. The van der Waals surface area contributed by atoms with E-state index in [-0.39, 0.29) is 12.0 Å². The summed E-state index contributed by atoms with van der Waals surface area (Å²) in [7, 11) is 0. The molecule has 4 heteroatoms. The molecule has 1 saturated carbocycles. The van der Waals surface area contributed by atoms with E-state index in [0.29, 0.717) is 31.5 Å². The first-order chi connectivity index (χ1) is 10.6. The number of morpholine rings is 1. The largest absolute Gasteiger partial charge is 0.374 e. The summed E-state index contributed by atoms with van der Waals surface area (Å²) >= 11 is 6.21. The second-order valence-corrected chi connectivity index (χ2v) is 7.35. The third kappa shape index (κ3) is 4.02. The molecule has 0 bridgehead atoms. The molecule has 0 aromatic heterocycles. The number of halogens is 1. The number of benzene rings is 1. The normalized spacial score (nSPS) is 23.4. The molecule has 3 rings (SSSR count). The Morgan fingerprint density at radius 1 is 1.41 bits per heavy atom. The number of nitrogens with zero attached hydrogens (tertiary/aromatic N) is 1. The van der Waals surface area contributed by atoms with E-state index in [1.165, 1.54) is 12.8 Å². The second-order valence-electron chi connectivity index (χ2n) is 6.94. The maximum absolute atomic E-state index is 12.4. The van der Waals surface area contributed by atoms with Gasteiger partial charge >= 0.3 is 0 Å². The number of hydrogen-bond acceptors (Lipinski definition) is 2. The minimum atomic E-state index is 0.0501. The molecule has 1 atom stereocenters. The molecule has 2 aliphatic rings. The fraction of sp³-hybridized carbons (Fsp3) is 0.611. The molecular formula is C18H24ClNO2. The molecule has 1 saturated heterocycles. The summed E-state index contributed by atoms with van der Waals surface area (Å²) in [6, 6.07) is 7.85. The van der Waals surface area contributed by atoms with Crippen molar-refractivity contribution < 1.29 is 9.53 Å². The van der Waals surface area contributed by atoms with Crippen LogP contribution in [0.4, 0.5) is 0 Å². The number of rotatable bonds is 5. The van der Waals surface area contributed by atoms with Crippen molar-refractivity contribution in [1.29, 1.82) is 0 Å². The number of ether oxygens (including phenoxy) is 1. The monoisotopic (exact) mass is 321 g/mol. The molecule has 3 nitrogen and oxygen atoms in total. The molecule has 22 heavy (non-hydrogen) atoms. The summed E-state index contributed by atoms with van der Waals surface area (Å²) in [6.45, 7) is 4.30. The van der Waals surface area contributed by atoms with Gasteiger partial charge < -0.3 is 9.64 Å². The molecule has 1 aromatic rings. The molecule has 1 heterocycles. The molecule has 0 unspecified atom stereocenters. The van der Waals surface area contributed by atoms with Crippen LogP contribution in [-0.2, 0) is 16.0 Å². The van der Waals surface area contributed by atoms with Crippen molar-refractivity contribution in [3.63, 3.8) is 0 Å². The number of hydrogen-bond donors (Lipinski definition) is 0. The van der Waals surface area contributed by atoms with E-state index < -0.39 is 0 Å². The average Bonchev–Trinajstić information content (AvgIpc) is 3.26. The zero-order valence-corrected chi connectivity index (χ0v) is 13.9. The van der Waals surface area contributed by atoms with Gasteiger partial charge in [0, 0.05) is 31.0 Å². The molecule has 1 aliphatic carbocycles. The van der Waals surface area contributed by atoms with Crippen molar-refractivity contribution in [3.8, 4) is 0 Å². The van der Waals surface area contributed by atoms with Gasteiger partial charge in [-0.1, -0.05) is 36.7 Å². The van der Waals surface area contributed by atoms with Gasteiger partial charge in [-0.3, -0.25) is 4.79 Å².